The highest BCUT2D eigenvalue weighted by Gasteiger charge is 2.40. The van der Waals surface area contributed by atoms with Crippen LogP contribution < -0.4 is 0 Å². The van der Waals surface area contributed by atoms with Gasteiger partial charge in [-0.05, 0) is 17.7 Å². The molecule has 18 heavy (non-hydrogen) atoms. The number of rotatable bonds is 2. The van der Waals surface area contributed by atoms with Crippen LogP contribution in [0, 0.1) is 5.82 Å². The summed E-state index contributed by atoms with van der Waals surface area (Å²) in [4.78, 5) is 24.0. The lowest BCUT2D eigenvalue weighted by atomic mass is 10.1. The van der Waals surface area contributed by atoms with Gasteiger partial charge < -0.3 is 10.0 Å². The minimum Gasteiger partial charge on any atom is -0.480 e. The Morgan fingerprint density at radius 2 is 2.00 bits per heavy atom. The van der Waals surface area contributed by atoms with Crippen LogP contribution in [-0.2, 0) is 9.59 Å². The van der Waals surface area contributed by atoms with E-state index in [2.05, 4.69) is 0 Å². The van der Waals surface area contributed by atoms with Gasteiger partial charge in [0.25, 0.3) is 0 Å². The Morgan fingerprint density at radius 3 is 2.50 bits per heavy atom. The fourth-order valence-electron chi connectivity index (χ4n) is 1.97. The number of thioether (sulfide) groups is 1. The summed E-state index contributed by atoms with van der Waals surface area (Å²) in [6.07, 6.45) is 0. The van der Waals surface area contributed by atoms with E-state index in [0.29, 0.717) is 5.75 Å². The quantitative estimate of drug-likeness (QED) is 0.890. The van der Waals surface area contributed by atoms with Crippen molar-refractivity contribution in [2.45, 2.75) is 18.3 Å². The summed E-state index contributed by atoms with van der Waals surface area (Å²) < 4.78 is 12.9. The third-order valence-corrected chi connectivity index (χ3v) is 4.13. The van der Waals surface area contributed by atoms with Crippen molar-refractivity contribution in [3.05, 3.63) is 35.6 Å². The minimum atomic E-state index is -1.01. The Balaban J connectivity index is 2.30. The number of hydrogen-bond donors (Lipinski definition) is 1. The van der Waals surface area contributed by atoms with E-state index in [1.807, 2.05) is 0 Å². The highest BCUT2D eigenvalue weighted by molar-refractivity contribution is 7.99. The van der Waals surface area contributed by atoms with Crippen molar-refractivity contribution in [3.63, 3.8) is 0 Å². The van der Waals surface area contributed by atoms with E-state index in [9.17, 15) is 14.0 Å². The molecule has 1 aromatic rings. The van der Waals surface area contributed by atoms with Gasteiger partial charge in [0, 0.05) is 12.7 Å². The van der Waals surface area contributed by atoms with Gasteiger partial charge in [-0.25, -0.2) is 9.18 Å². The predicted molar refractivity (Wildman–Crippen MR) is 65.5 cm³/mol. The van der Waals surface area contributed by atoms with E-state index in [1.54, 1.807) is 12.1 Å². The Labute approximate surface area is 108 Å². The smallest absolute Gasteiger partial charge is 0.327 e. The van der Waals surface area contributed by atoms with Crippen LogP contribution in [0.2, 0.25) is 0 Å². The van der Waals surface area contributed by atoms with Crippen LogP contribution in [0.3, 0.4) is 0 Å². The molecule has 1 heterocycles. The third kappa shape index (κ3) is 2.33. The summed E-state index contributed by atoms with van der Waals surface area (Å²) in [5.74, 6) is -1.31. The lowest BCUT2D eigenvalue weighted by Crippen LogP contribution is -2.41. The van der Waals surface area contributed by atoms with Gasteiger partial charge in [0.2, 0.25) is 5.91 Å². The number of aliphatic carboxylic acids is 1. The van der Waals surface area contributed by atoms with Crippen LogP contribution in [0.15, 0.2) is 24.3 Å². The van der Waals surface area contributed by atoms with E-state index >= 15 is 0 Å². The monoisotopic (exact) mass is 269 g/mol. The molecule has 4 nitrogen and oxygen atoms in total. The first-order valence-electron chi connectivity index (χ1n) is 5.39. The minimum absolute atomic E-state index is 0.290. The maximum Gasteiger partial charge on any atom is 0.327 e. The molecule has 1 amide bonds. The Bertz CT molecular complexity index is 477. The zero-order valence-corrected chi connectivity index (χ0v) is 10.5. The number of halogens is 1. The molecule has 6 heteroatoms. The lowest BCUT2D eigenvalue weighted by Gasteiger charge is -2.26. The normalized spacial score (nSPS) is 23.1. The standard InChI is InChI=1S/C12H12FNO3S/c1-7(15)14-10(12(16)17)6-18-11(14)8-2-4-9(13)5-3-8/h2-5,10-11H,6H2,1H3,(H,16,17)/t10-,11?/m0/s1. The van der Waals surface area contributed by atoms with E-state index in [1.165, 1.54) is 35.7 Å². The van der Waals surface area contributed by atoms with E-state index in [4.69, 9.17) is 5.11 Å². The second-order valence-electron chi connectivity index (χ2n) is 4.02. The van der Waals surface area contributed by atoms with Crippen LogP contribution in [-0.4, -0.2) is 33.7 Å². The van der Waals surface area contributed by atoms with Crippen molar-refractivity contribution in [3.8, 4) is 0 Å². The summed E-state index contributed by atoms with van der Waals surface area (Å²) >= 11 is 1.38. The Morgan fingerprint density at radius 1 is 1.39 bits per heavy atom. The lowest BCUT2D eigenvalue weighted by molar-refractivity contribution is -0.148. The molecule has 0 spiro atoms. The number of amides is 1. The SMILES string of the molecule is CC(=O)N1C(c2ccc(F)cc2)SC[C@H]1C(=O)O. The number of carbonyl (C=O) groups excluding carboxylic acids is 1. The van der Waals surface area contributed by atoms with Crippen molar-refractivity contribution >= 4 is 23.6 Å². The van der Waals surface area contributed by atoms with Gasteiger partial charge >= 0.3 is 5.97 Å². The molecule has 1 saturated heterocycles. The molecule has 1 fully saturated rings. The summed E-state index contributed by atoms with van der Waals surface area (Å²) in [7, 11) is 0. The highest BCUT2D eigenvalue weighted by Crippen LogP contribution is 2.41. The summed E-state index contributed by atoms with van der Waals surface area (Å²) in [5.41, 5.74) is 0.736. The molecule has 1 unspecified atom stereocenters. The second kappa shape index (κ2) is 4.97. The second-order valence-corrected chi connectivity index (χ2v) is 5.13. The fourth-order valence-corrected chi connectivity index (χ4v) is 3.44. The van der Waals surface area contributed by atoms with Crippen LogP contribution in [0.5, 0.6) is 0 Å². The van der Waals surface area contributed by atoms with Gasteiger partial charge in [-0.3, -0.25) is 4.79 Å². The molecular weight excluding hydrogens is 257 g/mol. The highest BCUT2D eigenvalue weighted by atomic mass is 32.2. The number of hydrogen-bond acceptors (Lipinski definition) is 3. The van der Waals surface area contributed by atoms with Crippen LogP contribution >= 0.6 is 11.8 Å². The number of nitrogens with zero attached hydrogens (tertiary/aromatic N) is 1. The molecular formula is C12H12FNO3S. The van der Waals surface area contributed by atoms with Gasteiger partial charge in [0.1, 0.15) is 17.2 Å². The first-order chi connectivity index (χ1) is 8.50. The van der Waals surface area contributed by atoms with Gasteiger partial charge in [-0.15, -0.1) is 11.8 Å². The maximum absolute atomic E-state index is 12.9. The first kappa shape index (κ1) is 12.9. The third-order valence-electron chi connectivity index (χ3n) is 2.80. The molecule has 2 atom stereocenters. The van der Waals surface area contributed by atoms with Crippen molar-refractivity contribution in [1.82, 2.24) is 4.90 Å². The topological polar surface area (TPSA) is 57.6 Å². The van der Waals surface area contributed by atoms with Crippen molar-refractivity contribution < 1.29 is 19.1 Å². The fraction of sp³-hybridized carbons (Fsp3) is 0.333. The van der Waals surface area contributed by atoms with Gasteiger partial charge in [-0.2, -0.15) is 0 Å². The van der Waals surface area contributed by atoms with Gasteiger partial charge in [-0.1, -0.05) is 12.1 Å². The number of carboxylic acid groups (broad SMARTS) is 1. The average molecular weight is 269 g/mol. The van der Waals surface area contributed by atoms with Crippen LogP contribution in [0.4, 0.5) is 4.39 Å². The molecule has 0 aliphatic carbocycles. The van der Waals surface area contributed by atoms with Crippen LogP contribution in [0.25, 0.3) is 0 Å². The van der Waals surface area contributed by atoms with E-state index < -0.39 is 12.0 Å². The Hall–Kier alpha value is -1.56. The molecule has 1 aromatic carbocycles. The molecule has 0 saturated carbocycles. The Kier molecular flexibility index (Phi) is 3.56. The molecule has 96 valence electrons. The summed E-state index contributed by atoms with van der Waals surface area (Å²) in [5, 5.41) is 8.72. The molecule has 0 radical (unpaired) electrons. The maximum atomic E-state index is 12.9. The van der Waals surface area contributed by atoms with Crippen molar-refractivity contribution in [1.29, 1.82) is 0 Å². The number of benzene rings is 1. The largest absolute Gasteiger partial charge is 0.480 e. The number of carboxylic acids is 1. The zero-order chi connectivity index (χ0) is 13.3. The van der Waals surface area contributed by atoms with Crippen molar-refractivity contribution in [2.24, 2.45) is 0 Å². The summed E-state index contributed by atoms with van der Waals surface area (Å²) in [6.45, 7) is 1.35. The molecule has 1 aliphatic heterocycles. The average Bonchev–Trinajstić information content (AvgIpc) is 2.74. The van der Waals surface area contributed by atoms with E-state index in [0.717, 1.165) is 5.56 Å². The molecule has 1 N–H and O–H groups in total. The van der Waals surface area contributed by atoms with Crippen LogP contribution in [0.1, 0.15) is 17.9 Å². The predicted octanol–water partition coefficient (Wildman–Crippen LogP) is 1.87. The van der Waals surface area contributed by atoms with E-state index in [-0.39, 0.29) is 17.1 Å². The van der Waals surface area contributed by atoms with Crippen molar-refractivity contribution in [2.75, 3.05) is 5.75 Å². The summed E-state index contributed by atoms with van der Waals surface area (Å²) in [6, 6.07) is 4.95. The molecule has 1 aliphatic rings. The van der Waals surface area contributed by atoms with Gasteiger partial charge in [0.05, 0.1) is 0 Å². The molecule has 0 aromatic heterocycles. The molecule has 0 bridgehead atoms. The number of carbonyl (C=O) groups is 2. The zero-order valence-electron chi connectivity index (χ0n) is 9.67. The van der Waals surface area contributed by atoms with Gasteiger partial charge in [0.15, 0.2) is 0 Å². The molecule has 2 rings (SSSR count). The first-order valence-corrected chi connectivity index (χ1v) is 6.44.